The number of hydrogen-bond acceptors (Lipinski definition) is 6. The maximum atomic E-state index is 10.5. The van der Waals surface area contributed by atoms with E-state index in [9.17, 15) is 14.9 Å². The van der Waals surface area contributed by atoms with Gasteiger partial charge in [0.05, 0.1) is 11.5 Å². The molecule has 0 amide bonds. The van der Waals surface area contributed by atoms with Crippen molar-refractivity contribution >= 4 is 5.97 Å². The zero-order valence-corrected chi connectivity index (χ0v) is 8.43. The molecule has 1 aliphatic rings. The van der Waals surface area contributed by atoms with Crippen LogP contribution in [0.25, 0.3) is 0 Å². The highest BCUT2D eigenvalue weighted by Gasteiger charge is 2.18. The molecule has 15 heavy (non-hydrogen) atoms. The fraction of sp³-hybridized carbons (Fsp3) is 0.625. The molecule has 7 heteroatoms. The summed E-state index contributed by atoms with van der Waals surface area (Å²) in [5.41, 5.74) is 0. The molecule has 0 atom stereocenters. The van der Waals surface area contributed by atoms with Crippen molar-refractivity contribution < 1.29 is 14.5 Å². The van der Waals surface area contributed by atoms with Crippen LogP contribution in [-0.2, 0) is 9.53 Å². The van der Waals surface area contributed by atoms with E-state index in [4.69, 9.17) is 4.74 Å². The first-order valence-electron chi connectivity index (χ1n) is 4.57. The van der Waals surface area contributed by atoms with Crippen molar-refractivity contribution in [3.8, 4) is 0 Å². The highest BCUT2D eigenvalue weighted by Crippen LogP contribution is 2.06. The summed E-state index contributed by atoms with van der Waals surface area (Å²) in [4.78, 5) is 22.0. The summed E-state index contributed by atoms with van der Waals surface area (Å²) in [5, 5.41) is 13.1. The molecular formula is C8H13N3O4. The third kappa shape index (κ3) is 3.84. The number of nitrogens with one attached hydrogen (secondary N) is 1. The molecule has 0 aromatic carbocycles. The molecule has 1 aliphatic heterocycles. The summed E-state index contributed by atoms with van der Waals surface area (Å²) in [7, 11) is 0. The maximum absolute atomic E-state index is 10.5. The molecule has 7 nitrogen and oxygen atoms in total. The first kappa shape index (κ1) is 11.3. The largest absolute Gasteiger partial charge is 0.464 e. The molecule has 0 aromatic rings. The van der Waals surface area contributed by atoms with Crippen LogP contribution in [0.3, 0.4) is 0 Å². The highest BCUT2D eigenvalue weighted by molar-refractivity contribution is 5.65. The zero-order chi connectivity index (χ0) is 11.3. The van der Waals surface area contributed by atoms with Crippen molar-refractivity contribution in [2.24, 2.45) is 0 Å². The molecule has 0 aliphatic carbocycles. The summed E-state index contributed by atoms with van der Waals surface area (Å²) in [6.45, 7) is 3.38. The van der Waals surface area contributed by atoms with E-state index in [0.717, 1.165) is 6.20 Å². The lowest BCUT2D eigenvalue weighted by molar-refractivity contribution is -0.404. The van der Waals surface area contributed by atoms with E-state index in [-0.39, 0.29) is 12.6 Å². The second-order valence-electron chi connectivity index (χ2n) is 3.05. The van der Waals surface area contributed by atoms with Crippen molar-refractivity contribution in [3.63, 3.8) is 0 Å². The number of nitrogens with zero attached hydrogens (tertiary/aromatic N) is 2. The van der Waals surface area contributed by atoms with Gasteiger partial charge in [-0.15, -0.1) is 0 Å². The number of carbonyl (C=O) groups excluding carboxylic acids is 1. The third-order valence-corrected chi connectivity index (χ3v) is 1.92. The average molecular weight is 215 g/mol. The fourth-order valence-electron chi connectivity index (χ4n) is 1.31. The van der Waals surface area contributed by atoms with Crippen LogP contribution in [0.5, 0.6) is 0 Å². The summed E-state index contributed by atoms with van der Waals surface area (Å²) in [5.74, 6) is 0.120. The minimum absolute atomic E-state index is 0.242. The van der Waals surface area contributed by atoms with E-state index in [2.05, 4.69) is 5.32 Å². The van der Waals surface area contributed by atoms with Gasteiger partial charge in [0.1, 0.15) is 6.61 Å². The summed E-state index contributed by atoms with van der Waals surface area (Å²) >= 11 is 0. The molecule has 1 rings (SSSR count). The van der Waals surface area contributed by atoms with Crippen LogP contribution in [0.4, 0.5) is 0 Å². The molecular weight excluding hydrogens is 202 g/mol. The van der Waals surface area contributed by atoms with Crippen LogP contribution in [0.2, 0.25) is 0 Å². The smallest absolute Gasteiger partial charge is 0.302 e. The Labute approximate surface area is 86.8 Å². The van der Waals surface area contributed by atoms with Gasteiger partial charge in [0.25, 0.3) is 6.20 Å². The van der Waals surface area contributed by atoms with E-state index in [1.54, 1.807) is 4.90 Å². The van der Waals surface area contributed by atoms with Crippen LogP contribution in [0.1, 0.15) is 6.92 Å². The lowest BCUT2D eigenvalue weighted by atomic mass is 10.5. The Hall–Kier alpha value is -1.79. The number of esters is 1. The van der Waals surface area contributed by atoms with E-state index in [0.29, 0.717) is 25.5 Å². The van der Waals surface area contributed by atoms with Gasteiger partial charge in [0.2, 0.25) is 0 Å². The minimum Gasteiger partial charge on any atom is -0.464 e. The predicted octanol–water partition coefficient (Wildman–Crippen LogP) is -0.470. The van der Waals surface area contributed by atoms with Crippen LogP contribution in [-0.4, -0.2) is 42.0 Å². The Morgan fingerprint density at radius 2 is 2.53 bits per heavy atom. The van der Waals surface area contributed by atoms with Gasteiger partial charge in [-0.05, 0) is 0 Å². The monoisotopic (exact) mass is 215 g/mol. The first-order valence-corrected chi connectivity index (χ1v) is 4.57. The van der Waals surface area contributed by atoms with Crippen molar-refractivity contribution in [3.05, 3.63) is 22.1 Å². The number of carbonyl (C=O) groups is 1. The second kappa shape index (κ2) is 5.18. The van der Waals surface area contributed by atoms with Crippen molar-refractivity contribution in [2.45, 2.75) is 6.92 Å². The lowest BCUT2D eigenvalue weighted by Crippen LogP contribution is -2.26. The minimum atomic E-state index is -0.507. The van der Waals surface area contributed by atoms with Crippen molar-refractivity contribution in [2.75, 3.05) is 26.2 Å². The molecule has 0 saturated carbocycles. The predicted molar refractivity (Wildman–Crippen MR) is 51.3 cm³/mol. The van der Waals surface area contributed by atoms with Crippen molar-refractivity contribution in [1.29, 1.82) is 0 Å². The zero-order valence-electron chi connectivity index (χ0n) is 8.43. The van der Waals surface area contributed by atoms with Crippen LogP contribution in [0, 0.1) is 10.1 Å². The molecule has 1 fully saturated rings. The van der Waals surface area contributed by atoms with Crippen LogP contribution < -0.4 is 5.32 Å². The quantitative estimate of drug-likeness (QED) is 0.387. The fourth-order valence-corrected chi connectivity index (χ4v) is 1.31. The first-order chi connectivity index (χ1) is 7.09. The van der Waals surface area contributed by atoms with Gasteiger partial charge in [-0.3, -0.25) is 14.9 Å². The Morgan fingerprint density at radius 3 is 3.13 bits per heavy atom. The SMILES string of the molecule is CC(=O)OCCN1CCN/C1=C\[N+](=O)[O-]. The Balaban J connectivity index is 2.40. The molecule has 0 bridgehead atoms. The van der Waals surface area contributed by atoms with Gasteiger partial charge in [-0.2, -0.15) is 0 Å². The number of ether oxygens (including phenoxy) is 1. The van der Waals surface area contributed by atoms with Gasteiger partial charge >= 0.3 is 5.97 Å². The second-order valence-corrected chi connectivity index (χ2v) is 3.05. The number of rotatable bonds is 4. The van der Waals surface area contributed by atoms with Gasteiger partial charge in [0.15, 0.2) is 5.82 Å². The maximum Gasteiger partial charge on any atom is 0.302 e. The van der Waals surface area contributed by atoms with E-state index >= 15 is 0 Å². The summed E-state index contributed by atoms with van der Waals surface area (Å²) < 4.78 is 4.75. The van der Waals surface area contributed by atoms with Gasteiger partial charge in [0, 0.05) is 20.0 Å². The van der Waals surface area contributed by atoms with Crippen LogP contribution >= 0.6 is 0 Å². The average Bonchev–Trinajstić information content (AvgIpc) is 2.51. The van der Waals surface area contributed by atoms with Gasteiger partial charge in [-0.25, -0.2) is 0 Å². The molecule has 1 N–H and O–H groups in total. The molecule has 0 aromatic heterocycles. The highest BCUT2D eigenvalue weighted by atomic mass is 16.6. The van der Waals surface area contributed by atoms with Gasteiger partial charge < -0.3 is 15.0 Å². The molecule has 0 unspecified atom stereocenters. The normalized spacial score (nSPS) is 17.7. The van der Waals surface area contributed by atoms with Gasteiger partial charge in [-0.1, -0.05) is 0 Å². The van der Waals surface area contributed by atoms with E-state index < -0.39 is 4.92 Å². The Bertz CT molecular complexity index is 290. The summed E-state index contributed by atoms with van der Waals surface area (Å²) in [6, 6.07) is 0. The Kier molecular flexibility index (Phi) is 3.90. The van der Waals surface area contributed by atoms with Crippen LogP contribution in [0.15, 0.2) is 12.0 Å². The van der Waals surface area contributed by atoms with E-state index in [1.165, 1.54) is 6.92 Å². The number of nitro groups is 1. The lowest BCUT2D eigenvalue weighted by Gasteiger charge is -2.16. The molecule has 84 valence electrons. The summed E-state index contributed by atoms with van der Waals surface area (Å²) in [6.07, 6.45) is 0.917. The standard InChI is InChI=1S/C8H13N3O4/c1-7(12)15-5-4-10-3-2-9-8(10)6-11(13)14/h6,9H,2-5H2,1H3/b8-6+. The van der Waals surface area contributed by atoms with E-state index in [1.807, 2.05) is 0 Å². The Morgan fingerprint density at radius 1 is 1.80 bits per heavy atom. The molecule has 0 radical (unpaired) electrons. The topological polar surface area (TPSA) is 84.7 Å². The molecule has 1 heterocycles. The number of hydrogen-bond donors (Lipinski definition) is 1. The molecule has 1 saturated heterocycles. The third-order valence-electron chi connectivity index (χ3n) is 1.92. The molecule has 0 spiro atoms. The van der Waals surface area contributed by atoms with Crippen molar-refractivity contribution in [1.82, 2.24) is 10.2 Å².